The van der Waals surface area contributed by atoms with Crippen LogP contribution >= 0.6 is 11.7 Å². The molecule has 9 heteroatoms. The van der Waals surface area contributed by atoms with Gasteiger partial charge >= 0.3 is 5.97 Å². The molecule has 3 aromatic rings. The lowest BCUT2D eigenvalue weighted by atomic mass is 10.1. The van der Waals surface area contributed by atoms with E-state index in [1.807, 2.05) is 0 Å². The highest BCUT2D eigenvalue weighted by Crippen LogP contribution is 2.26. The van der Waals surface area contributed by atoms with Gasteiger partial charge in [0.15, 0.2) is 0 Å². The smallest absolute Gasteiger partial charge is 0.339 e. The molecule has 0 amide bonds. The van der Waals surface area contributed by atoms with Crippen LogP contribution in [0.5, 0.6) is 0 Å². The summed E-state index contributed by atoms with van der Waals surface area (Å²) in [5.41, 5.74) is 1.88. The number of aromatic nitrogens is 2. The van der Waals surface area contributed by atoms with E-state index in [9.17, 15) is 13.2 Å². The molecule has 1 aromatic heterocycles. The highest BCUT2D eigenvalue weighted by Gasteiger charge is 2.22. The fourth-order valence-electron chi connectivity index (χ4n) is 2.23. The Morgan fingerprint density at radius 1 is 1.21 bits per heavy atom. The predicted molar refractivity (Wildman–Crippen MR) is 90.7 cm³/mol. The van der Waals surface area contributed by atoms with Crippen LogP contribution in [0.2, 0.25) is 0 Å². The number of sulfonamides is 1. The van der Waals surface area contributed by atoms with Crippen molar-refractivity contribution in [2.45, 2.75) is 11.8 Å². The normalized spacial score (nSPS) is 11.4. The fraction of sp³-hybridized carbons (Fsp3) is 0.133. The van der Waals surface area contributed by atoms with E-state index < -0.39 is 16.0 Å². The molecule has 0 aliphatic carbocycles. The van der Waals surface area contributed by atoms with Crippen molar-refractivity contribution in [3.8, 4) is 0 Å². The number of benzene rings is 2. The lowest BCUT2D eigenvalue weighted by Gasteiger charge is -2.12. The number of esters is 1. The molecule has 0 radical (unpaired) electrons. The zero-order valence-corrected chi connectivity index (χ0v) is 14.4. The van der Waals surface area contributed by atoms with Gasteiger partial charge in [-0.1, -0.05) is 12.1 Å². The first-order chi connectivity index (χ1) is 11.4. The van der Waals surface area contributed by atoms with Gasteiger partial charge in [-0.05, 0) is 36.8 Å². The van der Waals surface area contributed by atoms with E-state index in [-0.39, 0.29) is 16.1 Å². The summed E-state index contributed by atoms with van der Waals surface area (Å²) in [6, 6.07) is 9.52. The number of rotatable bonds is 4. The Hall–Kier alpha value is -2.52. The molecule has 0 atom stereocenters. The third-order valence-electron chi connectivity index (χ3n) is 3.36. The zero-order valence-electron chi connectivity index (χ0n) is 12.8. The Labute approximate surface area is 142 Å². The number of hydrogen-bond donors (Lipinski definition) is 1. The van der Waals surface area contributed by atoms with Crippen molar-refractivity contribution in [1.29, 1.82) is 0 Å². The summed E-state index contributed by atoms with van der Waals surface area (Å²) in [5, 5.41) is 0. The largest absolute Gasteiger partial charge is 0.465 e. The maximum atomic E-state index is 12.8. The number of nitrogens with zero attached hydrogens (tertiary/aromatic N) is 2. The Kier molecular flexibility index (Phi) is 4.20. The third kappa shape index (κ3) is 2.95. The Morgan fingerprint density at radius 2 is 2.00 bits per heavy atom. The summed E-state index contributed by atoms with van der Waals surface area (Å²) >= 11 is 0.937. The van der Waals surface area contributed by atoms with Crippen LogP contribution in [0.1, 0.15) is 15.9 Å². The second-order valence-corrected chi connectivity index (χ2v) is 7.21. The lowest BCUT2D eigenvalue weighted by molar-refractivity contribution is 0.0602. The van der Waals surface area contributed by atoms with Gasteiger partial charge in [0, 0.05) is 0 Å². The van der Waals surface area contributed by atoms with E-state index in [1.165, 1.54) is 19.2 Å². The van der Waals surface area contributed by atoms with E-state index in [2.05, 4.69) is 13.5 Å². The van der Waals surface area contributed by atoms with Gasteiger partial charge in [0.05, 0.1) is 30.1 Å². The van der Waals surface area contributed by atoms with E-state index in [0.29, 0.717) is 11.0 Å². The number of carbonyl (C=O) groups is 1. The van der Waals surface area contributed by atoms with Gasteiger partial charge < -0.3 is 4.74 Å². The number of nitrogens with one attached hydrogen (secondary N) is 1. The maximum Gasteiger partial charge on any atom is 0.339 e. The second-order valence-electron chi connectivity index (χ2n) is 5.03. The molecule has 3 rings (SSSR count). The zero-order chi connectivity index (χ0) is 17.3. The van der Waals surface area contributed by atoms with E-state index >= 15 is 0 Å². The Bertz CT molecular complexity index is 1030. The van der Waals surface area contributed by atoms with Gasteiger partial charge in [0.25, 0.3) is 10.0 Å². The number of anilines is 1. The van der Waals surface area contributed by atoms with Crippen molar-refractivity contribution in [3.63, 3.8) is 0 Å². The monoisotopic (exact) mass is 363 g/mol. The molecule has 1 N–H and O–H groups in total. The van der Waals surface area contributed by atoms with Crippen LogP contribution in [-0.4, -0.2) is 30.2 Å². The van der Waals surface area contributed by atoms with Gasteiger partial charge in [0.1, 0.15) is 15.9 Å². The summed E-state index contributed by atoms with van der Waals surface area (Å²) in [6.45, 7) is 1.80. The number of aryl methyl sites for hydroxylation is 1. The number of ether oxygens (including phenoxy) is 1. The van der Waals surface area contributed by atoms with Crippen LogP contribution in [0.3, 0.4) is 0 Å². The van der Waals surface area contributed by atoms with Crippen LogP contribution in [0, 0.1) is 6.92 Å². The first-order valence-corrected chi connectivity index (χ1v) is 9.07. The molecule has 1 heterocycles. The first kappa shape index (κ1) is 16.3. The predicted octanol–water partition coefficient (Wildman–Crippen LogP) is 2.59. The third-order valence-corrected chi connectivity index (χ3v) is 5.30. The molecule has 0 aliphatic rings. The standard InChI is InChI=1S/C15H13N3O4S2/c1-9-6-7-10(15(19)22-2)12(8-9)18-24(20,21)13-5-3-4-11-14(13)17-23-16-11/h3-8,18H,1-2H3. The fourth-order valence-corrected chi connectivity index (χ4v) is 4.07. The minimum absolute atomic E-state index is 0.00562. The molecule has 0 unspecified atom stereocenters. The molecule has 0 bridgehead atoms. The van der Waals surface area contributed by atoms with Crippen molar-refractivity contribution < 1.29 is 17.9 Å². The van der Waals surface area contributed by atoms with E-state index in [0.717, 1.165) is 17.3 Å². The van der Waals surface area contributed by atoms with Crippen LogP contribution in [0.25, 0.3) is 11.0 Å². The molecule has 124 valence electrons. The first-order valence-electron chi connectivity index (χ1n) is 6.85. The number of methoxy groups -OCH3 is 1. The van der Waals surface area contributed by atoms with Crippen molar-refractivity contribution in [2.24, 2.45) is 0 Å². The lowest BCUT2D eigenvalue weighted by Crippen LogP contribution is -2.16. The molecule has 0 saturated heterocycles. The highest BCUT2D eigenvalue weighted by molar-refractivity contribution is 7.93. The summed E-state index contributed by atoms with van der Waals surface area (Å²) in [7, 11) is -2.71. The molecule has 0 spiro atoms. The minimum Gasteiger partial charge on any atom is -0.465 e. The van der Waals surface area contributed by atoms with E-state index in [4.69, 9.17) is 4.74 Å². The number of carbonyl (C=O) groups excluding carboxylic acids is 1. The average Bonchev–Trinajstić information content (AvgIpc) is 3.02. The molecule has 0 fully saturated rings. The summed E-state index contributed by atoms with van der Waals surface area (Å²) in [4.78, 5) is 11.9. The molecular formula is C15H13N3O4S2. The van der Waals surface area contributed by atoms with Crippen molar-refractivity contribution in [1.82, 2.24) is 8.75 Å². The van der Waals surface area contributed by atoms with Crippen LogP contribution in [0.4, 0.5) is 5.69 Å². The summed E-state index contributed by atoms with van der Waals surface area (Å²) in [5.74, 6) is -0.624. The topological polar surface area (TPSA) is 98.2 Å². The van der Waals surface area contributed by atoms with Gasteiger partial charge in [-0.3, -0.25) is 4.72 Å². The molecule has 0 aliphatic heterocycles. The van der Waals surface area contributed by atoms with Crippen LogP contribution in [0.15, 0.2) is 41.3 Å². The van der Waals surface area contributed by atoms with Crippen molar-refractivity contribution in [2.75, 3.05) is 11.8 Å². The molecular weight excluding hydrogens is 350 g/mol. The van der Waals surface area contributed by atoms with Crippen LogP contribution in [-0.2, 0) is 14.8 Å². The van der Waals surface area contributed by atoms with Crippen molar-refractivity contribution >= 4 is 44.4 Å². The number of fused-ring (bicyclic) bond motifs is 1. The Morgan fingerprint density at radius 3 is 2.75 bits per heavy atom. The Balaban J connectivity index is 2.09. The molecule has 24 heavy (non-hydrogen) atoms. The quantitative estimate of drug-likeness (QED) is 0.716. The minimum atomic E-state index is -3.94. The van der Waals surface area contributed by atoms with Gasteiger partial charge in [-0.2, -0.15) is 8.75 Å². The van der Waals surface area contributed by atoms with Crippen molar-refractivity contribution in [3.05, 3.63) is 47.5 Å². The maximum absolute atomic E-state index is 12.8. The van der Waals surface area contributed by atoms with Gasteiger partial charge in [-0.25, -0.2) is 13.2 Å². The highest BCUT2D eigenvalue weighted by atomic mass is 32.2. The number of hydrogen-bond acceptors (Lipinski definition) is 7. The molecule has 2 aromatic carbocycles. The summed E-state index contributed by atoms with van der Waals surface area (Å²) < 4.78 is 40.7. The van der Waals surface area contributed by atoms with Gasteiger partial charge in [-0.15, -0.1) is 0 Å². The summed E-state index contributed by atoms with van der Waals surface area (Å²) in [6.07, 6.45) is 0. The second kappa shape index (κ2) is 6.17. The van der Waals surface area contributed by atoms with Gasteiger partial charge in [0.2, 0.25) is 0 Å². The van der Waals surface area contributed by atoms with E-state index in [1.54, 1.807) is 31.2 Å². The SMILES string of the molecule is COC(=O)c1ccc(C)cc1NS(=O)(=O)c1cccc2nsnc12. The molecule has 7 nitrogen and oxygen atoms in total. The average molecular weight is 363 g/mol. The van der Waals surface area contributed by atoms with Crippen LogP contribution < -0.4 is 4.72 Å². The molecule has 0 saturated carbocycles.